The van der Waals surface area contributed by atoms with Crippen molar-refractivity contribution in [1.29, 1.82) is 0 Å². The van der Waals surface area contributed by atoms with Crippen molar-refractivity contribution in [1.82, 2.24) is 19.5 Å². The highest BCUT2D eigenvalue weighted by Gasteiger charge is 2.19. The van der Waals surface area contributed by atoms with Crippen LogP contribution in [0.1, 0.15) is 0 Å². The second kappa shape index (κ2) is 9.97. The van der Waals surface area contributed by atoms with Crippen molar-refractivity contribution in [2.45, 2.75) is 0 Å². The fourth-order valence-electron chi connectivity index (χ4n) is 6.16. The molecule has 0 spiro atoms. The van der Waals surface area contributed by atoms with Gasteiger partial charge in [-0.25, -0.2) is 4.98 Å². The second-order valence-electron chi connectivity index (χ2n) is 10.9. The van der Waals surface area contributed by atoms with Gasteiger partial charge in [0.1, 0.15) is 0 Å². The van der Waals surface area contributed by atoms with Gasteiger partial charge in [-0.2, -0.15) is 9.97 Å². The molecule has 0 radical (unpaired) electrons. The topological polar surface area (TPSA) is 43.6 Å². The first-order chi connectivity index (χ1) is 21.8. The van der Waals surface area contributed by atoms with E-state index in [1.807, 2.05) is 47.7 Å². The predicted molar refractivity (Wildman–Crippen MR) is 183 cm³/mol. The van der Waals surface area contributed by atoms with Crippen LogP contribution in [0.15, 0.2) is 146 Å². The number of nitrogens with zero attached hydrogens (tertiary/aromatic N) is 4. The highest BCUT2D eigenvalue weighted by molar-refractivity contribution is 7.25. The summed E-state index contributed by atoms with van der Waals surface area (Å²) in [4.78, 5) is 15.2. The minimum absolute atomic E-state index is 0.604. The Morgan fingerprint density at radius 1 is 0.386 bits per heavy atom. The summed E-state index contributed by atoms with van der Waals surface area (Å²) in [6, 6.07) is 50.8. The van der Waals surface area contributed by atoms with E-state index >= 15 is 0 Å². The van der Waals surface area contributed by atoms with Gasteiger partial charge in [0.25, 0.3) is 0 Å². The Balaban J connectivity index is 1.30. The Labute approximate surface area is 257 Å². The SMILES string of the molecule is c1ccc(-c2ccc(-c3nc(-c4ccccc4)nc(-n4c5ccccc5c5cc6c(cc54)sc4ccccc46)n3)cc2)cc1. The van der Waals surface area contributed by atoms with Crippen LogP contribution in [-0.4, -0.2) is 19.5 Å². The molecule has 0 aliphatic rings. The normalized spacial score (nSPS) is 11.6. The Kier molecular flexibility index (Phi) is 5.64. The first-order valence-electron chi connectivity index (χ1n) is 14.6. The highest BCUT2D eigenvalue weighted by Crippen LogP contribution is 2.40. The lowest BCUT2D eigenvalue weighted by atomic mass is 10.0. The fourth-order valence-corrected chi connectivity index (χ4v) is 7.28. The molecule has 0 fully saturated rings. The minimum atomic E-state index is 0.604. The van der Waals surface area contributed by atoms with Gasteiger partial charge in [-0.05, 0) is 35.4 Å². The maximum atomic E-state index is 5.14. The molecular formula is C39H24N4S. The molecule has 6 aromatic carbocycles. The van der Waals surface area contributed by atoms with Crippen LogP contribution in [0.4, 0.5) is 0 Å². The van der Waals surface area contributed by atoms with Crippen LogP contribution in [0.3, 0.4) is 0 Å². The molecule has 0 saturated carbocycles. The first kappa shape index (κ1) is 24.9. The third-order valence-corrected chi connectivity index (χ3v) is 9.41. The summed E-state index contributed by atoms with van der Waals surface area (Å²) < 4.78 is 4.74. The van der Waals surface area contributed by atoms with E-state index in [-0.39, 0.29) is 0 Å². The van der Waals surface area contributed by atoms with Crippen LogP contribution in [0.2, 0.25) is 0 Å². The zero-order valence-corrected chi connectivity index (χ0v) is 24.4. The maximum Gasteiger partial charge on any atom is 0.238 e. The third-order valence-electron chi connectivity index (χ3n) is 8.28. The smallest absolute Gasteiger partial charge is 0.238 e. The first-order valence-corrected chi connectivity index (χ1v) is 15.4. The van der Waals surface area contributed by atoms with Gasteiger partial charge in [0.05, 0.1) is 11.0 Å². The zero-order chi connectivity index (χ0) is 29.0. The molecule has 3 heterocycles. The van der Waals surface area contributed by atoms with E-state index in [0.29, 0.717) is 17.6 Å². The van der Waals surface area contributed by atoms with Crippen LogP contribution in [0.5, 0.6) is 0 Å². The van der Waals surface area contributed by atoms with Gasteiger partial charge in [-0.1, -0.05) is 121 Å². The highest BCUT2D eigenvalue weighted by atomic mass is 32.1. The molecular weight excluding hydrogens is 557 g/mol. The lowest BCUT2D eigenvalue weighted by Crippen LogP contribution is -2.06. The fraction of sp³-hybridized carbons (Fsp3) is 0. The molecule has 0 aliphatic heterocycles. The minimum Gasteiger partial charge on any atom is -0.278 e. The summed E-state index contributed by atoms with van der Waals surface area (Å²) in [7, 11) is 0. The van der Waals surface area contributed by atoms with E-state index < -0.39 is 0 Å². The van der Waals surface area contributed by atoms with Crippen molar-refractivity contribution < 1.29 is 0 Å². The van der Waals surface area contributed by atoms with Crippen molar-refractivity contribution in [3.05, 3.63) is 146 Å². The largest absolute Gasteiger partial charge is 0.278 e. The summed E-state index contributed by atoms with van der Waals surface area (Å²) in [5, 5.41) is 4.93. The number of hydrogen-bond donors (Lipinski definition) is 0. The number of fused-ring (bicyclic) bond motifs is 6. The number of aromatic nitrogens is 4. The molecule has 44 heavy (non-hydrogen) atoms. The van der Waals surface area contributed by atoms with E-state index in [0.717, 1.165) is 27.7 Å². The van der Waals surface area contributed by atoms with E-state index in [4.69, 9.17) is 15.0 Å². The zero-order valence-electron chi connectivity index (χ0n) is 23.6. The van der Waals surface area contributed by atoms with E-state index in [1.54, 1.807) is 0 Å². The molecule has 4 nitrogen and oxygen atoms in total. The monoisotopic (exact) mass is 580 g/mol. The molecule has 0 aliphatic carbocycles. The average molecular weight is 581 g/mol. The standard InChI is InChI=1S/C39H24N4S/c1-3-11-25(12-4-1)26-19-21-28(22-20-26)38-40-37(27-13-5-2-6-14-27)41-39(42-38)43-33-17-9-7-15-29(33)31-23-32-30-16-8-10-18-35(30)44-36(32)24-34(31)43/h1-24H. The van der Waals surface area contributed by atoms with Crippen molar-refractivity contribution in [2.75, 3.05) is 0 Å². The number of rotatable bonds is 4. The van der Waals surface area contributed by atoms with Crippen LogP contribution in [0.25, 0.3) is 81.8 Å². The molecule has 5 heteroatoms. The Bertz CT molecular complexity index is 2480. The molecule has 206 valence electrons. The molecule has 0 N–H and O–H groups in total. The molecule has 3 aromatic heterocycles. The number of benzene rings is 6. The number of para-hydroxylation sites is 1. The average Bonchev–Trinajstić information content (AvgIpc) is 3.62. The van der Waals surface area contributed by atoms with Crippen molar-refractivity contribution >= 4 is 53.3 Å². The molecule has 9 aromatic rings. The lowest BCUT2D eigenvalue weighted by molar-refractivity contribution is 0.954. The van der Waals surface area contributed by atoms with Gasteiger partial charge >= 0.3 is 0 Å². The Hall–Kier alpha value is -5.65. The summed E-state index contributed by atoms with van der Waals surface area (Å²) in [6.07, 6.45) is 0. The summed E-state index contributed by atoms with van der Waals surface area (Å²) in [5.41, 5.74) is 6.38. The summed E-state index contributed by atoms with van der Waals surface area (Å²) in [6.45, 7) is 0. The van der Waals surface area contributed by atoms with Gasteiger partial charge in [-0.15, -0.1) is 11.3 Å². The molecule has 0 saturated heterocycles. The van der Waals surface area contributed by atoms with E-state index in [1.165, 1.54) is 36.5 Å². The lowest BCUT2D eigenvalue weighted by Gasteiger charge is -2.11. The molecule has 0 unspecified atom stereocenters. The van der Waals surface area contributed by atoms with Crippen LogP contribution in [-0.2, 0) is 0 Å². The van der Waals surface area contributed by atoms with Crippen LogP contribution >= 0.6 is 11.3 Å². The third kappa shape index (κ3) is 4.02. The van der Waals surface area contributed by atoms with Gasteiger partial charge in [-0.3, -0.25) is 4.57 Å². The van der Waals surface area contributed by atoms with Gasteiger partial charge in [0.2, 0.25) is 5.95 Å². The van der Waals surface area contributed by atoms with Crippen molar-refractivity contribution in [3.63, 3.8) is 0 Å². The molecule has 9 rings (SSSR count). The van der Waals surface area contributed by atoms with Crippen molar-refractivity contribution in [2.24, 2.45) is 0 Å². The number of thiophene rings is 1. The summed E-state index contributed by atoms with van der Waals surface area (Å²) >= 11 is 1.82. The molecule has 0 bridgehead atoms. The Morgan fingerprint density at radius 3 is 1.70 bits per heavy atom. The van der Waals surface area contributed by atoms with Gasteiger partial charge in [0.15, 0.2) is 11.6 Å². The van der Waals surface area contributed by atoms with Crippen LogP contribution in [0, 0.1) is 0 Å². The summed E-state index contributed by atoms with van der Waals surface area (Å²) in [5.74, 6) is 1.89. The van der Waals surface area contributed by atoms with Gasteiger partial charge < -0.3 is 0 Å². The molecule has 0 amide bonds. The molecule has 0 atom stereocenters. The van der Waals surface area contributed by atoms with Crippen molar-refractivity contribution in [3.8, 4) is 39.9 Å². The quantitative estimate of drug-likeness (QED) is 0.208. The second-order valence-corrected chi connectivity index (χ2v) is 12.0. The van der Waals surface area contributed by atoms with Crippen LogP contribution < -0.4 is 0 Å². The van der Waals surface area contributed by atoms with E-state index in [9.17, 15) is 0 Å². The Morgan fingerprint density at radius 2 is 0.955 bits per heavy atom. The maximum absolute atomic E-state index is 5.14. The van der Waals surface area contributed by atoms with E-state index in [2.05, 4.69) is 114 Å². The number of hydrogen-bond acceptors (Lipinski definition) is 4. The van der Waals surface area contributed by atoms with Gasteiger partial charge in [0, 0.05) is 42.1 Å². The predicted octanol–water partition coefficient (Wildman–Crippen LogP) is 10.3.